The van der Waals surface area contributed by atoms with Gasteiger partial charge in [-0.05, 0) is 53.8 Å². The van der Waals surface area contributed by atoms with Crippen LogP contribution in [0.5, 0.6) is 5.75 Å². The molecule has 1 fully saturated rings. The predicted octanol–water partition coefficient (Wildman–Crippen LogP) is 6.08. The summed E-state index contributed by atoms with van der Waals surface area (Å²) in [5.41, 5.74) is 9.42. The molecule has 5 heteroatoms. The predicted molar refractivity (Wildman–Crippen MR) is 134 cm³/mol. The molecule has 1 aromatic heterocycles. The Hall–Kier alpha value is -3.86. The van der Waals surface area contributed by atoms with Gasteiger partial charge >= 0.3 is 0 Å². The fourth-order valence-corrected chi connectivity index (χ4v) is 5.30. The number of aromatic nitrogens is 2. The average molecular weight is 450 g/mol. The molecule has 0 saturated heterocycles. The van der Waals surface area contributed by atoms with Crippen molar-refractivity contribution in [3.05, 3.63) is 83.4 Å². The molecular formula is C29H27N3O2. The van der Waals surface area contributed by atoms with E-state index < -0.39 is 0 Å². The van der Waals surface area contributed by atoms with Crippen LogP contribution in [0.25, 0.3) is 33.6 Å². The second kappa shape index (κ2) is 8.49. The van der Waals surface area contributed by atoms with E-state index in [0.29, 0.717) is 6.04 Å². The number of fused-ring (bicyclic) bond motifs is 3. The van der Waals surface area contributed by atoms with Gasteiger partial charge in [-0.25, -0.2) is 0 Å². The van der Waals surface area contributed by atoms with Crippen molar-refractivity contribution >= 4 is 5.91 Å². The first-order chi connectivity index (χ1) is 16.7. The highest BCUT2D eigenvalue weighted by Crippen LogP contribution is 2.40. The minimum absolute atomic E-state index is 0.0356. The number of carbonyl (C=O) groups is 1. The first-order valence-electron chi connectivity index (χ1n) is 12.1. The molecule has 0 spiro atoms. The smallest absolute Gasteiger partial charge is 0.251 e. The highest BCUT2D eigenvalue weighted by Gasteiger charge is 2.26. The maximum Gasteiger partial charge on any atom is 0.251 e. The van der Waals surface area contributed by atoms with Crippen LogP contribution in [0, 0.1) is 0 Å². The second-order valence-electron chi connectivity index (χ2n) is 9.41. The fraction of sp³-hybridized carbons (Fsp3) is 0.241. The number of nitrogens with one attached hydrogen (secondary N) is 2. The summed E-state index contributed by atoms with van der Waals surface area (Å²) in [4.78, 5) is 12.8. The zero-order valence-electron chi connectivity index (χ0n) is 19.0. The summed E-state index contributed by atoms with van der Waals surface area (Å²) in [5.74, 6) is 0.301. The van der Waals surface area contributed by atoms with Crippen LogP contribution in [0.4, 0.5) is 0 Å². The summed E-state index contributed by atoms with van der Waals surface area (Å²) in [6.07, 6.45) is 6.62. The molecule has 1 saturated carbocycles. The molecule has 6 rings (SSSR count). The molecule has 0 aliphatic heterocycles. The van der Waals surface area contributed by atoms with Crippen LogP contribution in [0.2, 0.25) is 0 Å². The number of hydrogen-bond acceptors (Lipinski definition) is 3. The number of aromatic hydroxyl groups is 1. The minimum atomic E-state index is 0.0356. The number of H-pyrrole nitrogens is 1. The summed E-state index contributed by atoms with van der Waals surface area (Å²) >= 11 is 0. The van der Waals surface area contributed by atoms with Crippen molar-refractivity contribution in [2.45, 2.75) is 44.6 Å². The van der Waals surface area contributed by atoms with E-state index in [4.69, 9.17) is 0 Å². The lowest BCUT2D eigenvalue weighted by Crippen LogP contribution is -2.36. The van der Waals surface area contributed by atoms with Crippen molar-refractivity contribution in [2.24, 2.45) is 0 Å². The molecule has 3 aromatic carbocycles. The molecule has 170 valence electrons. The molecule has 2 aliphatic rings. The molecule has 0 unspecified atom stereocenters. The number of benzene rings is 3. The number of phenolic OH excluding ortho intramolecular Hbond substituents is 1. The number of aromatic amines is 1. The minimum Gasteiger partial charge on any atom is -0.508 e. The van der Waals surface area contributed by atoms with Gasteiger partial charge < -0.3 is 10.4 Å². The Kier molecular flexibility index (Phi) is 5.17. The van der Waals surface area contributed by atoms with Crippen LogP contribution < -0.4 is 5.32 Å². The topological polar surface area (TPSA) is 78.0 Å². The molecule has 0 radical (unpaired) electrons. The van der Waals surface area contributed by atoms with Crippen LogP contribution in [0.1, 0.15) is 53.6 Å². The summed E-state index contributed by atoms with van der Waals surface area (Å²) in [7, 11) is 0. The van der Waals surface area contributed by atoms with Gasteiger partial charge in [0.25, 0.3) is 5.91 Å². The molecule has 2 aliphatic carbocycles. The lowest BCUT2D eigenvalue weighted by Gasteiger charge is -2.22. The normalized spacial score (nSPS) is 15.1. The van der Waals surface area contributed by atoms with E-state index in [9.17, 15) is 9.90 Å². The van der Waals surface area contributed by atoms with Gasteiger partial charge in [-0.1, -0.05) is 61.7 Å². The first-order valence-corrected chi connectivity index (χ1v) is 12.1. The van der Waals surface area contributed by atoms with E-state index in [-0.39, 0.29) is 11.7 Å². The Morgan fingerprint density at radius 3 is 2.29 bits per heavy atom. The average Bonchev–Trinajstić information content (AvgIpc) is 3.44. The van der Waals surface area contributed by atoms with Gasteiger partial charge in [-0.15, -0.1) is 0 Å². The Morgan fingerprint density at radius 2 is 1.56 bits per heavy atom. The molecule has 3 N–H and O–H groups in total. The van der Waals surface area contributed by atoms with E-state index in [0.717, 1.165) is 58.5 Å². The van der Waals surface area contributed by atoms with Gasteiger partial charge in [0.05, 0.1) is 11.4 Å². The summed E-state index contributed by atoms with van der Waals surface area (Å²) in [6, 6.07) is 21.9. The number of amides is 1. The van der Waals surface area contributed by atoms with Gasteiger partial charge in [0.1, 0.15) is 5.75 Å². The Labute approximate surface area is 198 Å². The number of hydrogen-bond donors (Lipinski definition) is 3. The van der Waals surface area contributed by atoms with Crippen molar-refractivity contribution in [1.29, 1.82) is 0 Å². The van der Waals surface area contributed by atoms with Gasteiger partial charge in [-0.3, -0.25) is 9.89 Å². The number of rotatable bonds is 4. The first kappa shape index (κ1) is 20.7. The SMILES string of the molecule is O=C(NC1CCCCC1)c1ccc2c(c1)Cc1c(-c3ccc(-c4ccc(O)cc4)cc3)n[nH]c1-2. The lowest BCUT2D eigenvalue weighted by molar-refractivity contribution is 0.0927. The van der Waals surface area contributed by atoms with Gasteiger partial charge in [0.2, 0.25) is 0 Å². The van der Waals surface area contributed by atoms with Crippen molar-refractivity contribution < 1.29 is 9.90 Å². The molecule has 34 heavy (non-hydrogen) atoms. The maximum absolute atomic E-state index is 12.8. The van der Waals surface area contributed by atoms with E-state index in [1.807, 2.05) is 30.3 Å². The molecule has 1 amide bonds. The number of nitrogens with zero attached hydrogens (tertiary/aromatic N) is 1. The van der Waals surface area contributed by atoms with Crippen LogP contribution in [-0.2, 0) is 6.42 Å². The number of phenols is 1. The third-order valence-corrected chi connectivity index (χ3v) is 7.17. The van der Waals surface area contributed by atoms with Crippen LogP contribution in [0.15, 0.2) is 66.7 Å². The van der Waals surface area contributed by atoms with Gasteiger partial charge in [0.15, 0.2) is 0 Å². The van der Waals surface area contributed by atoms with Crippen molar-refractivity contribution in [2.75, 3.05) is 0 Å². The van der Waals surface area contributed by atoms with Crippen LogP contribution in [-0.4, -0.2) is 27.3 Å². The van der Waals surface area contributed by atoms with Crippen LogP contribution >= 0.6 is 0 Å². The van der Waals surface area contributed by atoms with E-state index in [1.54, 1.807) is 12.1 Å². The molecule has 1 heterocycles. The molecular weight excluding hydrogens is 422 g/mol. The molecule has 5 nitrogen and oxygen atoms in total. The third-order valence-electron chi connectivity index (χ3n) is 7.17. The maximum atomic E-state index is 12.8. The van der Waals surface area contributed by atoms with Crippen molar-refractivity contribution in [1.82, 2.24) is 15.5 Å². The highest BCUT2D eigenvalue weighted by molar-refractivity contribution is 5.96. The largest absolute Gasteiger partial charge is 0.508 e. The standard InChI is InChI=1S/C29H27N3O2/c33-24-13-10-19(11-14-24)18-6-8-20(9-7-18)27-26-17-22-16-21(12-15-25(22)28(26)32-31-27)29(34)30-23-4-2-1-3-5-23/h6-16,23,33H,1-5,17H2,(H,30,34)(H,31,32). The van der Waals surface area contributed by atoms with E-state index in [1.165, 1.54) is 30.4 Å². The number of carbonyl (C=O) groups excluding carboxylic acids is 1. The zero-order valence-corrected chi connectivity index (χ0v) is 19.0. The van der Waals surface area contributed by atoms with Crippen molar-refractivity contribution in [3.63, 3.8) is 0 Å². The van der Waals surface area contributed by atoms with E-state index in [2.05, 4.69) is 39.8 Å². The Bertz CT molecular complexity index is 1350. The summed E-state index contributed by atoms with van der Waals surface area (Å²) < 4.78 is 0. The van der Waals surface area contributed by atoms with E-state index >= 15 is 0 Å². The third kappa shape index (κ3) is 3.77. The van der Waals surface area contributed by atoms with Gasteiger partial charge in [0, 0.05) is 34.7 Å². The molecule has 0 atom stereocenters. The van der Waals surface area contributed by atoms with Crippen LogP contribution in [0.3, 0.4) is 0 Å². The summed E-state index contributed by atoms with van der Waals surface area (Å²) in [5, 5.41) is 20.6. The quantitative estimate of drug-likeness (QED) is 0.311. The Morgan fingerprint density at radius 1 is 0.882 bits per heavy atom. The molecule has 4 aromatic rings. The van der Waals surface area contributed by atoms with Gasteiger partial charge in [-0.2, -0.15) is 5.10 Å². The molecule has 0 bridgehead atoms. The van der Waals surface area contributed by atoms with Crippen molar-refractivity contribution in [3.8, 4) is 39.4 Å². The lowest BCUT2D eigenvalue weighted by atomic mass is 9.95. The second-order valence-corrected chi connectivity index (χ2v) is 9.41. The fourth-order valence-electron chi connectivity index (χ4n) is 5.30. The monoisotopic (exact) mass is 449 g/mol. The summed E-state index contributed by atoms with van der Waals surface area (Å²) in [6.45, 7) is 0. The highest BCUT2D eigenvalue weighted by atomic mass is 16.3. The zero-order chi connectivity index (χ0) is 23.1. The Balaban J connectivity index is 1.22.